The van der Waals surface area contributed by atoms with E-state index in [0.29, 0.717) is 42.1 Å². The molecule has 10 heteroatoms. The van der Waals surface area contributed by atoms with E-state index < -0.39 is 0 Å². The minimum absolute atomic E-state index is 0.0708. The van der Waals surface area contributed by atoms with Gasteiger partial charge in [-0.25, -0.2) is 4.98 Å². The van der Waals surface area contributed by atoms with Crippen LogP contribution in [0.3, 0.4) is 0 Å². The number of piperidine rings is 1. The number of ether oxygens (including phenoxy) is 1. The van der Waals surface area contributed by atoms with Crippen molar-refractivity contribution in [2.45, 2.75) is 24.9 Å². The molecule has 2 aliphatic heterocycles. The van der Waals surface area contributed by atoms with E-state index in [1.165, 1.54) is 11.3 Å². The molecule has 4 heterocycles. The summed E-state index contributed by atoms with van der Waals surface area (Å²) in [5.74, 6) is 0.984. The van der Waals surface area contributed by atoms with Crippen molar-refractivity contribution in [1.29, 1.82) is 0 Å². The summed E-state index contributed by atoms with van der Waals surface area (Å²) in [6, 6.07) is 7.80. The Morgan fingerprint density at radius 2 is 2.23 bits per heavy atom. The zero-order chi connectivity index (χ0) is 21.2. The van der Waals surface area contributed by atoms with Crippen LogP contribution in [-0.2, 0) is 4.74 Å². The number of H-pyrrole nitrogens is 1. The van der Waals surface area contributed by atoms with Crippen LogP contribution >= 0.6 is 11.3 Å². The molecule has 0 amide bonds. The third-order valence-electron chi connectivity index (χ3n) is 5.76. The van der Waals surface area contributed by atoms with Crippen LogP contribution in [0, 0.1) is 0 Å². The Morgan fingerprint density at radius 1 is 1.32 bits per heavy atom. The van der Waals surface area contributed by atoms with Crippen LogP contribution in [0.5, 0.6) is 0 Å². The Bertz CT molecular complexity index is 1080. The van der Waals surface area contributed by atoms with Crippen molar-refractivity contribution in [3.05, 3.63) is 34.6 Å². The van der Waals surface area contributed by atoms with Gasteiger partial charge >= 0.3 is 0 Å². The summed E-state index contributed by atoms with van der Waals surface area (Å²) in [4.78, 5) is 27.7. The molecule has 31 heavy (non-hydrogen) atoms. The first-order chi connectivity index (χ1) is 15.2. The molecular weight excluding hydrogens is 416 g/mol. The molecule has 3 aromatic rings. The number of morpholine rings is 1. The van der Waals surface area contributed by atoms with Gasteiger partial charge in [-0.2, -0.15) is 4.98 Å². The molecule has 5 rings (SSSR count). The zero-order valence-corrected chi connectivity index (χ0v) is 18.0. The van der Waals surface area contributed by atoms with Gasteiger partial charge in [0.15, 0.2) is 0 Å². The van der Waals surface area contributed by atoms with Crippen LogP contribution in [0.1, 0.15) is 12.8 Å². The van der Waals surface area contributed by atoms with Gasteiger partial charge in [0, 0.05) is 19.1 Å². The number of hydrogen-bond acceptors (Lipinski definition) is 9. The first kappa shape index (κ1) is 20.4. The molecular formula is C21H26N6O3S. The maximum absolute atomic E-state index is 13.3. The maximum Gasteiger partial charge on any atom is 0.264 e. The van der Waals surface area contributed by atoms with Gasteiger partial charge in [0.2, 0.25) is 5.95 Å². The smallest absolute Gasteiger partial charge is 0.264 e. The van der Waals surface area contributed by atoms with Gasteiger partial charge in [-0.3, -0.25) is 9.78 Å². The van der Waals surface area contributed by atoms with Crippen molar-refractivity contribution < 1.29 is 9.84 Å². The molecule has 1 unspecified atom stereocenters. The predicted molar refractivity (Wildman–Crippen MR) is 122 cm³/mol. The van der Waals surface area contributed by atoms with E-state index in [0.717, 1.165) is 36.1 Å². The number of aliphatic hydroxyl groups excluding tert-OH is 1. The second kappa shape index (κ2) is 8.91. The number of thiazole rings is 1. The second-order valence-electron chi connectivity index (χ2n) is 7.89. The van der Waals surface area contributed by atoms with Crippen LogP contribution in [0.2, 0.25) is 0 Å². The molecule has 4 N–H and O–H groups in total. The lowest BCUT2D eigenvalue weighted by molar-refractivity contribution is 0.0718. The van der Waals surface area contributed by atoms with Gasteiger partial charge in [-0.15, -0.1) is 11.3 Å². The molecule has 2 atom stereocenters. The Balaban J connectivity index is 1.59. The highest BCUT2D eigenvalue weighted by Crippen LogP contribution is 2.33. The van der Waals surface area contributed by atoms with Crippen LogP contribution < -0.4 is 21.1 Å². The summed E-state index contributed by atoms with van der Waals surface area (Å²) >= 11 is 1.49. The van der Waals surface area contributed by atoms with Gasteiger partial charge in [0.1, 0.15) is 16.4 Å². The third kappa shape index (κ3) is 4.16. The van der Waals surface area contributed by atoms with Gasteiger partial charge in [0.25, 0.3) is 5.56 Å². The molecule has 9 nitrogen and oxygen atoms in total. The Labute approximate surface area is 183 Å². The van der Waals surface area contributed by atoms with Crippen LogP contribution in [0.25, 0.3) is 20.8 Å². The molecule has 0 aliphatic carbocycles. The largest absolute Gasteiger partial charge is 0.394 e. The number of aromatic nitrogens is 3. The van der Waals surface area contributed by atoms with Crippen molar-refractivity contribution in [3.63, 3.8) is 0 Å². The number of fused-ring (bicyclic) bond motifs is 1. The molecule has 2 aliphatic rings. The van der Waals surface area contributed by atoms with Crippen molar-refractivity contribution in [3.8, 4) is 10.6 Å². The number of para-hydroxylation sites is 1. The minimum Gasteiger partial charge on any atom is -0.394 e. The van der Waals surface area contributed by atoms with E-state index >= 15 is 0 Å². The van der Waals surface area contributed by atoms with Crippen molar-refractivity contribution in [1.82, 2.24) is 20.3 Å². The highest BCUT2D eigenvalue weighted by molar-refractivity contribution is 7.21. The number of hydrogen-bond donors (Lipinski definition) is 4. The maximum atomic E-state index is 13.3. The Kier molecular flexibility index (Phi) is 5.86. The predicted octanol–water partition coefficient (Wildman–Crippen LogP) is 1.41. The number of benzene rings is 1. The first-order valence-electron chi connectivity index (χ1n) is 10.7. The molecule has 2 saturated heterocycles. The fraction of sp³-hybridized carbons (Fsp3) is 0.476. The van der Waals surface area contributed by atoms with Crippen LogP contribution in [0.4, 0.5) is 11.8 Å². The number of aliphatic hydroxyl groups is 1. The summed E-state index contributed by atoms with van der Waals surface area (Å²) in [7, 11) is 0. The lowest BCUT2D eigenvalue weighted by Gasteiger charge is -2.35. The molecule has 164 valence electrons. The molecule has 0 spiro atoms. The van der Waals surface area contributed by atoms with Crippen LogP contribution in [-0.4, -0.2) is 71.6 Å². The summed E-state index contributed by atoms with van der Waals surface area (Å²) in [5.41, 5.74) is 1.09. The quantitative estimate of drug-likeness (QED) is 0.469. The van der Waals surface area contributed by atoms with Crippen LogP contribution in [0.15, 0.2) is 29.1 Å². The van der Waals surface area contributed by atoms with Gasteiger partial charge in [-0.1, -0.05) is 12.1 Å². The minimum atomic E-state index is -0.241. The fourth-order valence-corrected chi connectivity index (χ4v) is 5.14. The lowest BCUT2D eigenvalue weighted by atomic mass is 10.1. The van der Waals surface area contributed by atoms with Gasteiger partial charge in [0.05, 0.1) is 36.1 Å². The fourth-order valence-electron chi connectivity index (χ4n) is 4.13. The van der Waals surface area contributed by atoms with E-state index in [9.17, 15) is 9.90 Å². The van der Waals surface area contributed by atoms with Gasteiger partial charge in [-0.05, 0) is 31.5 Å². The molecule has 0 saturated carbocycles. The zero-order valence-electron chi connectivity index (χ0n) is 17.1. The molecule has 2 aromatic heterocycles. The Morgan fingerprint density at radius 3 is 3.03 bits per heavy atom. The molecule has 0 bridgehead atoms. The Hall–Kier alpha value is -2.53. The third-order valence-corrected chi connectivity index (χ3v) is 6.82. The average Bonchev–Trinajstić information content (AvgIpc) is 3.23. The molecule has 1 aromatic carbocycles. The molecule has 0 radical (unpaired) electrons. The van der Waals surface area contributed by atoms with E-state index in [2.05, 4.69) is 15.6 Å². The second-order valence-corrected chi connectivity index (χ2v) is 8.92. The topological polar surface area (TPSA) is 115 Å². The highest BCUT2D eigenvalue weighted by atomic mass is 32.1. The van der Waals surface area contributed by atoms with Crippen molar-refractivity contribution in [2.75, 3.05) is 49.7 Å². The monoisotopic (exact) mass is 442 g/mol. The summed E-state index contributed by atoms with van der Waals surface area (Å²) < 4.78 is 6.51. The van der Waals surface area contributed by atoms with E-state index in [1.54, 1.807) is 0 Å². The number of nitrogens with one attached hydrogen (secondary N) is 3. The van der Waals surface area contributed by atoms with E-state index in [-0.39, 0.29) is 24.2 Å². The van der Waals surface area contributed by atoms with Crippen molar-refractivity contribution >= 4 is 33.3 Å². The SMILES string of the molecule is O=c1[nH]c(N2CCOCC2CO)nc(N[C@@H]2CCCNC2)c1-c1nc2ccccc2s1. The van der Waals surface area contributed by atoms with Gasteiger partial charge < -0.3 is 25.4 Å². The van der Waals surface area contributed by atoms with E-state index in [1.807, 2.05) is 29.2 Å². The average molecular weight is 443 g/mol. The summed E-state index contributed by atoms with van der Waals surface area (Å²) in [5, 5.41) is 17.3. The standard InChI is InChI=1S/C21H26N6O3S/c28-11-14-12-30-9-8-27(14)21-25-18(23-13-4-3-7-22-10-13)17(19(29)26-21)20-24-15-5-1-2-6-16(15)31-20/h1-2,5-6,13-14,22,28H,3-4,7-12H2,(H2,23,25,26,29)/t13-,14?/m1/s1. The highest BCUT2D eigenvalue weighted by Gasteiger charge is 2.27. The number of nitrogens with zero attached hydrogens (tertiary/aromatic N) is 3. The summed E-state index contributed by atoms with van der Waals surface area (Å²) in [6.07, 6.45) is 2.08. The number of aromatic amines is 1. The number of anilines is 2. The lowest BCUT2D eigenvalue weighted by Crippen LogP contribution is -2.49. The number of rotatable bonds is 5. The normalized spacial score (nSPS) is 22.0. The van der Waals surface area contributed by atoms with Crippen molar-refractivity contribution in [2.24, 2.45) is 0 Å². The summed E-state index contributed by atoms with van der Waals surface area (Å²) in [6.45, 7) is 3.23. The first-order valence-corrected chi connectivity index (χ1v) is 11.5. The van der Waals surface area contributed by atoms with E-state index in [4.69, 9.17) is 14.7 Å². The molecule has 2 fully saturated rings.